The fourth-order valence-electron chi connectivity index (χ4n) is 5.61. The van der Waals surface area contributed by atoms with Crippen LogP contribution in [0.2, 0.25) is 0 Å². The van der Waals surface area contributed by atoms with E-state index in [4.69, 9.17) is 11.6 Å². The van der Waals surface area contributed by atoms with Gasteiger partial charge in [0.15, 0.2) is 0 Å². The number of amides is 1. The van der Waals surface area contributed by atoms with Crippen LogP contribution in [0.5, 0.6) is 0 Å². The summed E-state index contributed by atoms with van der Waals surface area (Å²) in [6, 6.07) is 22.6. The second kappa shape index (κ2) is 11.9. The van der Waals surface area contributed by atoms with Crippen LogP contribution in [0.1, 0.15) is 55.1 Å². The summed E-state index contributed by atoms with van der Waals surface area (Å²) in [5, 5.41) is 11.8. The number of anilines is 1. The van der Waals surface area contributed by atoms with E-state index in [9.17, 15) is 4.79 Å². The topological polar surface area (TPSA) is 71.0 Å². The maximum atomic E-state index is 11.8. The highest BCUT2D eigenvalue weighted by Gasteiger charge is 2.40. The zero-order valence-electron chi connectivity index (χ0n) is 24.0. The number of allylic oxidation sites excluding steroid dienone is 1. The number of halogens is 1. The van der Waals surface area contributed by atoms with Crippen molar-refractivity contribution < 1.29 is 9.37 Å². The van der Waals surface area contributed by atoms with Crippen LogP contribution in [0.15, 0.2) is 90.8 Å². The van der Waals surface area contributed by atoms with Crippen LogP contribution in [0.3, 0.4) is 0 Å². The molecule has 211 valence electrons. The number of hydrogen-bond acceptors (Lipinski definition) is 3. The van der Waals surface area contributed by atoms with E-state index in [1.807, 2.05) is 41.2 Å². The Labute approximate surface area is 251 Å². The summed E-state index contributed by atoms with van der Waals surface area (Å²) in [6.07, 6.45) is 8.54. The largest absolute Gasteiger partial charge is 0.553 e. The van der Waals surface area contributed by atoms with Gasteiger partial charge in [-0.05, 0) is 47.9 Å². The van der Waals surface area contributed by atoms with Gasteiger partial charge in [0, 0.05) is 28.9 Å². The average Bonchev–Trinajstić information content (AvgIpc) is 3.75. The maximum Gasteiger partial charge on any atom is 0.553 e. The Morgan fingerprint density at radius 2 is 1.86 bits per heavy atom. The van der Waals surface area contributed by atoms with Crippen molar-refractivity contribution in [1.29, 1.82) is 0 Å². The minimum absolute atomic E-state index is 0.0841. The Morgan fingerprint density at radius 1 is 1.07 bits per heavy atom. The van der Waals surface area contributed by atoms with Crippen molar-refractivity contribution in [2.24, 2.45) is 0 Å². The summed E-state index contributed by atoms with van der Waals surface area (Å²) in [7, 11) is 4.24. The zero-order valence-corrected chi connectivity index (χ0v) is 24.8. The van der Waals surface area contributed by atoms with E-state index in [0.717, 1.165) is 59.3 Å². The van der Waals surface area contributed by atoms with Gasteiger partial charge in [-0.3, -0.25) is 14.2 Å². The number of fused-ring (bicyclic) bond motifs is 2. The lowest BCUT2D eigenvalue weighted by molar-refractivity contribution is -0.516. The highest BCUT2D eigenvalue weighted by molar-refractivity contribution is 6.40. The molecule has 1 atom stereocenters. The molecule has 4 aromatic rings. The Bertz CT molecular complexity index is 1700. The molecule has 1 unspecified atom stereocenters. The summed E-state index contributed by atoms with van der Waals surface area (Å²) in [5.41, 5.74) is 7.18. The van der Waals surface area contributed by atoms with Crippen LogP contribution in [-0.2, 0) is 11.3 Å². The molecule has 1 radical (unpaired) electrons. The van der Waals surface area contributed by atoms with Crippen LogP contribution in [-0.4, -0.2) is 61.1 Å². The summed E-state index contributed by atoms with van der Waals surface area (Å²) in [5.74, 6) is 2.01. The molecule has 8 nitrogen and oxygen atoms in total. The quantitative estimate of drug-likeness (QED) is 0.164. The maximum absolute atomic E-state index is 11.8. The van der Waals surface area contributed by atoms with E-state index in [2.05, 4.69) is 106 Å². The second-order valence-corrected chi connectivity index (χ2v) is 11.0. The van der Waals surface area contributed by atoms with Crippen LogP contribution >= 0.6 is 11.6 Å². The lowest BCUT2D eigenvalue weighted by Crippen LogP contribution is -2.41. The van der Waals surface area contributed by atoms with Gasteiger partial charge in [-0.25, -0.2) is 4.68 Å². The predicted octanol–water partition coefficient (Wildman–Crippen LogP) is 5.42. The lowest BCUT2D eigenvalue weighted by Gasteiger charge is -2.26. The summed E-state index contributed by atoms with van der Waals surface area (Å²) >= 11 is 5.69. The van der Waals surface area contributed by atoms with Crippen LogP contribution in [0, 0.1) is 0 Å². The van der Waals surface area contributed by atoms with Gasteiger partial charge >= 0.3 is 7.55 Å². The highest BCUT2D eigenvalue weighted by Crippen LogP contribution is 2.37. The van der Waals surface area contributed by atoms with Crippen LogP contribution in [0.4, 0.5) is 5.69 Å². The lowest BCUT2D eigenvalue weighted by atomic mass is 9.91. The third-order valence-corrected chi connectivity index (χ3v) is 7.98. The van der Waals surface area contributed by atoms with Crippen molar-refractivity contribution in [3.63, 3.8) is 0 Å². The number of aromatic nitrogens is 4. The predicted molar refractivity (Wildman–Crippen MR) is 168 cm³/mol. The SMILES string of the molecule is CCCC(C)c1cn(-c2ccc3n2[B]N2C(=C3c3ccc(NC(=O)CCl)cc3)C=CC2=[N+](C)Cc2ccccc2)nn1. The number of hydrogen-bond donors (Lipinski definition) is 1. The fraction of sp³-hybridized carbons (Fsp3) is 0.250. The molecular formula is C32H33BClN7O+. The first-order valence-corrected chi connectivity index (χ1v) is 14.8. The molecule has 2 aromatic carbocycles. The van der Waals surface area contributed by atoms with Crippen molar-refractivity contribution in [1.82, 2.24) is 24.3 Å². The molecule has 1 amide bonds. The number of nitrogens with one attached hydrogen (secondary N) is 1. The first-order chi connectivity index (χ1) is 20.5. The molecule has 42 heavy (non-hydrogen) atoms. The zero-order chi connectivity index (χ0) is 29.2. The highest BCUT2D eigenvalue weighted by atomic mass is 35.5. The van der Waals surface area contributed by atoms with Crippen LogP contribution in [0.25, 0.3) is 11.4 Å². The minimum atomic E-state index is -0.233. The molecular weight excluding hydrogens is 545 g/mol. The Morgan fingerprint density at radius 3 is 2.60 bits per heavy atom. The van der Waals surface area contributed by atoms with E-state index in [0.29, 0.717) is 11.6 Å². The third-order valence-electron chi connectivity index (χ3n) is 7.74. The van der Waals surface area contributed by atoms with Crippen molar-refractivity contribution in [2.75, 3.05) is 18.2 Å². The summed E-state index contributed by atoms with van der Waals surface area (Å²) < 4.78 is 6.30. The first kappa shape index (κ1) is 27.8. The van der Waals surface area contributed by atoms with E-state index < -0.39 is 0 Å². The summed E-state index contributed by atoms with van der Waals surface area (Å²) in [6.45, 7) is 5.16. The Balaban J connectivity index is 1.43. The van der Waals surface area contributed by atoms with Gasteiger partial charge in [0.1, 0.15) is 23.9 Å². The standard InChI is InChI=1S/C32H32BClN7O/c1-4-8-22(2)26-21-39(37-36-26)31-18-16-28-32(24-11-13-25(14-12-24)35-29(42)19-34)27-15-17-30(40(27)33-41(28)31)38(3)20-23-9-6-5-7-10-23/h5-7,9-18,21-22H,4,8,19-20H2,1-3H3/p+1. The Kier molecular flexibility index (Phi) is 7.85. The van der Waals surface area contributed by atoms with E-state index in [1.54, 1.807) is 0 Å². The van der Waals surface area contributed by atoms with Gasteiger partial charge in [-0.2, -0.15) is 0 Å². The molecule has 0 fully saturated rings. The molecule has 2 aromatic heterocycles. The molecule has 0 bridgehead atoms. The Hall–Kier alpha value is -4.37. The molecule has 2 aliphatic heterocycles. The molecule has 10 heteroatoms. The van der Waals surface area contributed by atoms with Gasteiger partial charge in [-0.1, -0.05) is 67.9 Å². The van der Waals surface area contributed by atoms with Crippen molar-refractivity contribution in [2.45, 2.75) is 39.2 Å². The smallest absolute Gasteiger partial charge is 0.329 e. The molecule has 0 aliphatic carbocycles. The number of nitrogens with zero attached hydrogens (tertiary/aromatic N) is 6. The van der Waals surface area contributed by atoms with E-state index in [-0.39, 0.29) is 11.8 Å². The average molecular weight is 578 g/mol. The minimum Gasteiger partial charge on any atom is -0.329 e. The van der Waals surface area contributed by atoms with Gasteiger partial charge in [-0.15, -0.1) is 16.7 Å². The number of amidine groups is 1. The molecule has 0 saturated carbocycles. The fourth-order valence-corrected chi connectivity index (χ4v) is 5.68. The van der Waals surface area contributed by atoms with Gasteiger partial charge < -0.3 is 9.79 Å². The first-order valence-electron chi connectivity index (χ1n) is 14.3. The van der Waals surface area contributed by atoms with Crippen molar-refractivity contribution in [3.05, 3.63) is 113 Å². The van der Waals surface area contributed by atoms with E-state index in [1.165, 1.54) is 5.56 Å². The molecule has 6 rings (SSSR count). The molecule has 4 heterocycles. The normalized spacial score (nSPS) is 15.8. The second-order valence-electron chi connectivity index (χ2n) is 10.8. The summed E-state index contributed by atoms with van der Waals surface area (Å²) in [4.78, 5) is 14.1. The molecule has 2 aliphatic rings. The number of alkyl halides is 1. The number of benzene rings is 2. The van der Waals surface area contributed by atoms with E-state index >= 15 is 0 Å². The van der Waals surface area contributed by atoms with Gasteiger partial charge in [0.2, 0.25) is 5.91 Å². The van der Waals surface area contributed by atoms with Gasteiger partial charge in [0.05, 0.1) is 18.9 Å². The number of carbonyl (C=O) groups is 1. The van der Waals surface area contributed by atoms with Crippen molar-refractivity contribution >= 4 is 42.2 Å². The van der Waals surface area contributed by atoms with Crippen LogP contribution < -0.4 is 5.32 Å². The third kappa shape index (κ3) is 5.32. The van der Waals surface area contributed by atoms with Crippen molar-refractivity contribution in [3.8, 4) is 5.82 Å². The molecule has 1 N–H and O–H groups in total. The molecule has 0 spiro atoms. The monoisotopic (exact) mass is 577 g/mol. The number of carbonyl (C=O) groups excluding carboxylic acids is 1. The molecule has 0 saturated heterocycles. The number of rotatable bonds is 9. The van der Waals surface area contributed by atoms with Gasteiger partial charge in [0.25, 0.3) is 5.84 Å².